The molecule has 194 valence electrons. The van der Waals surface area contributed by atoms with E-state index in [1.807, 2.05) is 42.5 Å². The fourth-order valence-corrected chi connectivity index (χ4v) is 3.79. The van der Waals surface area contributed by atoms with Gasteiger partial charge in [-0.1, -0.05) is 36.4 Å². The van der Waals surface area contributed by atoms with Crippen molar-refractivity contribution in [3.05, 3.63) is 106 Å². The maximum absolute atomic E-state index is 14.4. The Morgan fingerprint density at radius 1 is 0.921 bits per heavy atom. The van der Waals surface area contributed by atoms with E-state index in [1.54, 1.807) is 31.4 Å². The monoisotopic (exact) mass is 521 g/mol. The second-order valence-electron chi connectivity index (χ2n) is 8.43. The third-order valence-corrected chi connectivity index (χ3v) is 6.04. The molecule has 0 saturated heterocycles. The smallest absolute Gasteiger partial charge is 0.232 e. The highest BCUT2D eigenvalue weighted by molar-refractivity contribution is 5.95. The molecule has 1 amide bonds. The first-order chi connectivity index (χ1) is 18.2. The molecule has 4 rings (SSSR count). The van der Waals surface area contributed by atoms with E-state index >= 15 is 0 Å². The van der Waals surface area contributed by atoms with Gasteiger partial charge < -0.3 is 4.74 Å². The molecule has 0 unspecified atom stereocenters. The molecule has 38 heavy (non-hydrogen) atoms. The Kier molecular flexibility index (Phi) is 7.85. The molecule has 0 radical (unpaired) electrons. The largest absolute Gasteiger partial charge is 0.497 e. The lowest BCUT2D eigenvalue weighted by Crippen LogP contribution is -2.30. The van der Waals surface area contributed by atoms with Crippen LogP contribution in [0.1, 0.15) is 22.4 Å². The number of ether oxygens (including phenoxy) is 1. The lowest BCUT2D eigenvalue weighted by Gasteiger charge is -2.20. The second kappa shape index (κ2) is 11.2. The molecule has 1 heterocycles. The Hall–Kier alpha value is -4.53. The number of halogens is 4. The second-order valence-corrected chi connectivity index (χ2v) is 8.43. The van der Waals surface area contributed by atoms with Gasteiger partial charge in [0.05, 0.1) is 25.4 Å². The number of hydrogen-bond donors (Lipinski definition) is 0. The number of carbonyl (C=O) groups excluding carboxylic acids is 1. The molecule has 0 spiro atoms. The molecular weight excluding hydrogens is 498 g/mol. The van der Waals surface area contributed by atoms with Gasteiger partial charge in [0.25, 0.3) is 0 Å². The molecule has 0 fully saturated rings. The van der Waals surface area contributed by atoms with Crippen LogP contribution in [0.4, 0.5) is 23.4 Å². The number of hydrogen-bond acceptors (Lipinski definition) is 4. The van der Waals surface area contributed by atoms with E-state index in [2.05, 4.69) is 9.97 Å². The number of nitrogens with zero attached hydrogens (tertiary/aromatic N) is 3. The lowest BCUT2D eigenvalue weighted by molar-refractivity contribution is -0.117. The number of methoxy groups -OCH3 is 1. The molecule has 0 aliphatic carbocycles. The van der Waals surface area contributed by atoms with Crippen molar-refractivity contribution in [3.8, 4) is 17.0 Å². The van der Waals surface area contributed by atoms with Gasteiger partial charge in [-0.3, -0.25) is 9.69 Å². The number of benzene rings is 3. The summed E-state index contributed by atoms with van der Waals surface area (Å²) in [4.78, 5) is 23.3. The fraction of sp³-hybridized carbons (Fsp3) is 0.138. The Morgan fingerprint density at radius 3 is 2.24 bits per heavy atom. The summed E-state index contributed by atoms with van der Waals surface area (Å²) in [5.41, 5.74) is 1.43. The third kappa shape index (κ3) is 5.41. The zero-order valence-corrected chi connectivity index (χ0v) is 20.8. The van der Waals surface area contributed by atoms with Crippen molar-refractivity contribution in [2.24, 2.45) is 0 Å². The molecule has 4 aromatic rings. The molecule has 0 aliphatic rings. The van der Waals surface area contributed by atoms with Crippen molar-refractivity contribution >= 4 is 23.9 Å². The van der Waals surface area contributed by atoms with E-state index in [-0.39, 0.29) is 5.82 Å². The van der Waals surface area contributed by atoms with Gasteiger partial charge in [0.2, 0.25) is 5.91 Å². The van der Waals surface area contributed by atoms with Crippen molar-refractivity contribution in [2.75, 3.05) is 19.1 Å². The number of amides is 1. The van der Waals surface area contributed by atoms with Gasteiger partial charge in [-0.2, -0.15) is 0 Å². The van der Waals surface area contributed by atoms with Crippen molar-refractivity contribution in [1.29, 1.82) is 0 Å². The van der Waals surface area contributed by atoms with Crippen molar-refractivity contribution in [1.82, 2.24) is 9.97 Å². The quantitative estimate of drug-likeness (QED) is 0.161. The van der Waals surface area contributed by atoms with Gasteiger partial charge in [-0.05, 0) is 48.4 Å². The molecule has 0 atom stereocenters. The van der Waals surface area contributed by atoms with E-state index in [9.17, 15) is 22.4 Å². The third-order valence-electron chi connectivity index (χ3n) is 6.04. The average Bonchev–Trinajstić information content (AvgIpc) is 2.96. The molecule has 0 aliphatic heterocycles. The molecule has 0 bridgehead atoms. The van der Waals surface area contributed by atoms with Crippen LogP contribution in [0.25, 0.3) is 23.4 Å². The van der Waals surface area contributed by atoms with Crippen molar-refractivity contribution < 1.29 is 27.1 Å². The zero-order chi connectivity index (χ0) is 27.4. The lowest BCUT2D eigenvalue weighted by atomic mass is 10.0. The van der Waals surface area contributed by atoms with Crippen LogP contribution < -0.4 is 9.64 Å². The van der Waals surface area contributed by atoms with E-state index < -0.39 is 46.7 Å². The van der Waals surface area contributed by atoms with Crippen LogP contribution in [0.15, 0.2) is 60.8 Å². The van der Waals surface area contributed by atoms with Gasteiger partial charge in [0.15, 0.2) is 29.1 Å². The van der Waals surface area contributed by atoms with Crippen LogP contribution in [0, 0.1) is 30.2 Å². The maximum Gasteiger partial charge on any atom is 0.232 e. The Balaban J connectivity index is 1.72. The zero-order valence-electron chi connectivity index (χ0n) is 20.8. The highest BCUT2D eigenvalue weighted by atomic mass is 19.2. The first-order valence-corrected chi connectivity index (χ1v) is 11.5. The predicted octanol–water partition coefficient (Wildman–Crippen LogP) is 6.39. The van der Waals surface area contributed by atoms with Crippen molar-refractivity contribution in [3.63, 3.8) is 0 Å². The fourth-order valence-electron chi connectivity index (χ4n) is 3.79. The molecule has 5 nitrogen and oxygen atoms in total. The van der Waals surface area contributed by atoms with Crippen LogP contribution in [-0.4, -0.2) is 30.0 Å². The standard InChI is InChI=1S/C29H23F4N3O2/c1-17-21(26(31)28(33)27(32)25(17)30)15-24(37)36(2)29-22(14-9-18-7-5-4-6-8-18)35-23(16-34-29)19-10-12-20(38-3)13-11-19/h4-14,16H,15H2,1-3H3/b14-9+. The summed E-state index contributed by atoms with van der Waals surface area (Å²) >= 11 is 0. The van der Waals surface area contributed by atoms with Crippen LogP contribution in [0.2, 0.25) is 0 Å². The highest BCUT2D eigenvalue weighted by Gasteiger charge is 2.26. The van der Waals surface area contributed by atoms with E-state index in [0.717, 1.165) is 23.0 Å². The highest BCUT2D eigenvalue weighted by Crippen LogP contribution is 2.27. The van der Waals surface area contributed by atoms with Crippen LogP contribution in [0.3, 0.4) is 0 Å². The first kappa shape index (κ1) is 26.5. The summed E-state index contributed by atoms with van der Waals surface area (Å²) in [6, 6.07) is 16.6. The minimum atomic E-state index is -1.96. The molecule has 0 saturated carbocycles. The predicted molar refractivity (Wildman–Crippen MR) is 138 cm³/mol. The van der Waals surface area contributed by atoms with Gasteiger partial charge in [-0.15, -0.1) is 0 Å². The Bertz CT molecular complexity index is 1480. The van der Waals surface area contributed by atoms with E-state index in [4.69, 9.17) is 4.74 Å². The first-order valence-electron chi connectivity index (χ1n) is 11.5. The Morgan fingerprint density at radius 2 is 1.58 bits per heavy atom. The molecule has 0 N–H and O–H groups in total. The van der Waals surface area contributed by atoms with Crippen LogP contribution >= 0.6 is 0 Å². The normalized spacial score (nSPS) is 11.1. The van der Waals surface area contributed by atoms with Gasteiger partial charge in [0.1, 0.15) is 11.4 Å². The Labute approximate surface area is 217 Å². The van der Waals surface area contributed by atoms with Crippen LogP contribution in [-0.2, 0) is 11.2 Å². The SMILES string of the molecule is COc1ccc(-c2cnc(N(C)C(=O)Cc3c(C)c(F)c(F)c(F)c3F)c(/C=C/c3ccccc3)n2)cc1. The van der Waals surface area contributed by atoms with Crippen LogP contribution in [0.5, 0.6) is 5.75 Å². The minimum Gasteiger partial charge on any atom is -0.497 e. The number of aromatic nitrogens is 2. The molecule has 3 aromatic carbocycles. The summed E-state index contributed by atoms with van der Waals surface area (Å²) in [6.45, 7) is 1.08. The average molecular weight is 522 g/mol. The van der Waals surface area contributed by atoms with Gasteiger partial charge in [0, 0.05) is 18.2 Å². The topological polar surface area (TPSA) is 55.3 Å². The summed E-state index contributed by atoms with van der Waals surface area (Å²) in [7, 11) is 2.95. The summed E-state index contributed by atoms with van der Waals surface area (Å²) in [5.74, 6) is -6.94. The maximum atomic E-state index is 14.4. The van der Waals surface area contributed by atoms with Gasteiger partial charge in [-0.25, -0.2) is 27.5 Å². The number of rotatable bonds is 7. The molecule has 9 heteroatoms. The number of likely N-dealkylation sites (N-methyl/N-ethyl adjacent to an activating group) is 1. The minimum absolute atomic E-state index is 0.139. The van der Waals surface area contributed by atoms with E-state index in [0.29, 0.717) is 17.1 Å². The summed E-state index contributed by atoms with van der Waals surface area (Å²) < 4.78 is 61.0. The summed E-state index contributed by atoms with van der Waals surface area (Å²) in [5, 5.41) is 0. The number of anilines is 1. The summed E-state index contributed by atoms with van der Waals surface area (Å²) in [6.07, 6.45) is 4.23. The van der Waals surface area contributed by atoms with Gasteiger partial charge >= 0.3 is 0 Å². The van der Waals surface area contributed by atoms with E-state index in [1.165, 1.54) is 13.2 Å². The molecular formula is C29H23F4N3O2. The molecule has 1 aromatic heterocycles. The van der Waals surface area contributed by atoms with Crippen molar-refractivity contribution in [2.45, 2.75) is 13.3 Å². The number of carbonyl (C=O) groups is 1.